The molecule has 2 saturated heterocycles. The predicted octanol–water partition coefficient (Wildman–Crippen LogP) is 2.13. The summed E-state index contributed by atoms with van der Waals surface area (Å²) in [7, 11) is 0. The van der Waals surface area contributed by atoms with Gasteiger partial charge in [-0.3, -0.25) is 0 Å². The van der Waals surface area contributed by atoms with Crippen LogP contribution in [0.3, 0.4) is 0 Å². The van der Waals surface area contributed by atoms with E-state index in [-0.39, 0.29) is 6.29 Å². The number of piperidine rings is 1. The summed E-state index contributed by atoms with van der Waals surface area (Å²) < 4.78 is 17.0. The lowest BCUT2D eigenvalue weighted by Gasteiger charge is -2.34. The lowest BCUT2D eigenvalue weighted by atomic mass is 9.97. The summed E-state index contributed by atoms with van der Waals surface area (Å²) >= 11 is 0. The van der Waals surface area contributed by atoms with Crippen molar-refractivity contribution in [2.24, 2.45) is 11.8 Å². The highest BCUT2D eigenvalue weighted by molar-refractivity contribution is 4.76. The minimum Gasteiger partial charge on any atom is -0.380 e. The maximum Gasteiger partial charge on any atom is 0.161 e. The Morgan fingerprint density at radius 1 is 1.21 bits per heavy atom. The van der Waals surface area contributed by atoms with E-state index in [1.165, 1.54) is 19.4 Å². The second-order valence-electron chi connectivity index (χ2n) is 6.11. The van der Waals surface area contributed by atoms with Gasteiger partial charge in [0.25, 0.3) is 0 Å². The molecule has 2 aliphatic rings. The molecule has 0 aromatic heterocycles. The molecule has 4 heteroatoms. The number of rotatable bonds is 7. The second-order valence-corrected chi connectivity index (χ2v) is 6.11. The van der Waals surface area contributed by atoms with Gasteiger partial charge < -0.3 is 19.1 Å². The van der Waals surface area contributed by atoms with Crippen molar-refractivity contribution in [2.45, 2.75) is 39.4 Å². The quantitative estimate of drug-likeness (QED) is 0.664. The number of likely N-dealkylation sites (tertiary alicyclic amines) is 1. The van der Waals surface area contributed by atoms with E-state index in [1.807, 2.05) is 0 Å². The van der Waals surface area contributed by atoms with Crippen LogP contribution in [0.2, 0.25) is 0 Å². The van der Waals surface area contributed by atoms with Gasteiger partial charge in [0, 0.05) is 25.6 Å². The van der Waals surface area contributed by atoms with E-state index in [9.17, 15) is 0 Å². The van der Waals surface area contributed by atoms with Crippen molar-refractivity contribution in [1.29, 1.82) is 0 Å². The molecule has 112 valence electrons. The maximum absolute atomic E-state index is 5.70. The largest absolute Gasteiger partial charge is 0.380 e. The van der Waals surface area contributed by atoms with E-state index in [0.29, 0.717) is 5.92 Å². The van der Waals surface area contributed by atoms with Crippen molar-refractivity contribution in [3.63, 3.8) is 0 Å². The van der Waals surface area contributed by atoms with Crippen molar-refractivity contribution in [3.05, 3.63) is 0 Å². The average Bonchev–Trinajstić information content (AvgIpc) is 2.92. The Labute approximate surface area is 117 Å². The highest BCUT2D eigenvalue weighted by Gasteiger charge is 2.30. The summed E-state index contributed by atoms with van der Waals surface area (Å²) in [5.74, 6) is 1.28. The summed E-state index contributed by atoms with van der Waals surface area (Å²) in [6, 6.07) is 0. The molecule has 0 amide bonds. The molecule has 0 N–H and O–H groups in total. The van der Waals surface area contributed by atoms with E-state index in [4.69, 9.17) is 14.2 Å². The van der Waals surface area contributed by atoms with Crippen LogP contribution in [-0.2, 0) is 14.2 Å². The molecule has 2 aliphatic heterocycles. The summed E-state index contributed by atoms with van der Waals surface area (Å²) in [6.07, 6.45) is 3.69. The molecule has 2 heterocycles. The minimum atomic E-state index is 0.0460. The molecule has 0 aromatic rings. The first-order valence-corrected chi connectivity index (χ1v) is 7.79. The third-order valence-corrected chi connectivity index (χ3v) is 3.97. The first kappa shape index (κ1) is 15.2. The highest BCUT2D eigenvalue weighted by atomic mass is 16.7. The van der Waals surface area contributed by atoms with Crippen LogP contribution >= 0.6 is 0 Å². The molecule has 4 nitrogen and oxygen atoms in total. The highest BCUT2D eigenvalue weighted by Crippen LogP contribution is 2.24. The fourth-order valence-corrected chi connectivity index (χ4v) is 2.78. The van der Waals surface area contributed by atoms with Gasteiger partial charge in [-0.25, -0.2) is 0 Å². The van der Waals surface area contributed by atoms with Crippen molar-refractivity contribution in [3.8, 4) is 0 Å². The van der Waals surface area contributed by atoms with Crippen molar-refractivity contribution in [1.82, 2.24) is 4.90 Å². The lowest BCUT2D eigenvalue weighted by molar-refractivity contribution is -0.101. The third-order valence-electron chi connectivity index (χ3n) is 3.97. The van der Waals surface area contributed by atoms with Gasteiger partial charge >= 0.3 is 0 Å². The molecule has 19 heavy (non-hydrogen) atoms. The van der Waals surface area contributed by atoms with Gasteiger partial charge in [0.15, 0.2) is 6.29 Å². The van der Waals surface area contributed by atoms with Gasteiger partial charge in [0.05, 0.1) is 19.8 Å². The van der Waals surface area contributed by atoms with Crippen LogP contribution in [-0.4, -0.2) is 57.3 Å². The normalized spacial score (nSPS) is 26.4. The maximum atomic E-state index is 5.70. The zero-order valence-electron chi connectivity index (χ0n) is 12.5. The SMILES string of the molecule is CC(C)CCOCCN1CCCC(C2OCCO2)C1. The summed E-state index contributed by atoms with van der Waals surface area (Å²) in [6.45, 7) is 11.1. The van der Waals surface area contributed by atoms with Gasteiger partial charge in [0.2, 0.25) is 0 Å². The van der Waals surface area contributed by atoms with Gasteiger partial charge in [-0.1, -0.05) is 13.8 Å². The van der Waals surface area contributed by atoms with E-state index in [2.05, 4.69) is 18.7 Å². The number of hydrogen-bond donors (Lipinski definition) is 0. The number of nitrogens with zero attached hydrogens (tertiary/aromatic N) is 1. The topological polar surface area (TPSA) is 30.9 Å². The molecular formula is C15H29NO3. The molecule has 0 spiro atoms. The van der Waals surface area contributed by atoms with Crippen molar-refractivity contribution in [2.75, 3.05) is 46.1 Å². The molecule has 0 saturated carbocycles. The van der Waals surface area contributed by atoms with E-state index < -0.39 is 0 Å². The molecule has 2 rings (SSSR count). The van der Waals surface area contributed by atoms with Gasteiger partial charge in [-0.15, -0.1) is 0 Å². The zero-order valence-corrected chi connectivity index (χ0v) is 12.5. The Morgan fingerprint density at radius 2 is 2.00 bits per heavy atom. The second kappa shape index (κ2) is 8.20. The Bertz CT molecular complexity index is 242. The van der Waals surface area contributed by atoms with Crippen LogP contribution in [0.5, 0.6) is 0 Å². The zero-order chi connectivity index (χ0) is 13.5. The Hall–Kier alpha value is -0.160. The molecule has 0 radical (unpaired) electrons. The molecule has 2 fully saturated rings. The standard InChI is InChI=1S/C15H29NO3/c1-13(2)5-8-17-9-7-16-6-3-4-14(12-16)15-18-10-11-19-15/h13-15H,3-12H2,1-2H3. The van der Waals surface area contributed by atoms with E-state index >= 15 is 0 Å². The van der Waals surface area contributed by atoms with Crippen LogP contribution < -0.4 is 0 Å². The molecule has 1 unspecified atom stereocenters. The smallest absolute Gasteiger partial charge is 0.161 e. The monoisotopic (exact) mass is 271 g/mol. The summed E-state index contributed by atoms with van der Waals surface area (Å²) in [4.78, 5) is 2.49. The molecule has 0 aliphatic carbocycles. The van der Waals surface area contributed by atoms with Gasteiger partial charge in [-0.05, 0) is 31.7 Å². The van der Waals surface area contributed by atoms with Crippen LogP contribution in [0.1, 0.15) is 33.1 Å². The van der Waals surface area contributed by atoms with Gasteiger partial charge in [-0.2, -0.15) is 0 Å². The first-order chi connectivity index (χ1) is 9.25. The first-order valence-electron chi connectivity index (χ1n) is 7.79. The molecule has 0 bridgehead atoms. The number of hydrogen-bond acceptors (Lipinski definition) is 4. The molecular weight excluding hydrogens is 242 g/mol. The predicted molar refractivity (Wildman–Crippen MR) is 75.1 cm³/mol. The lowest BCUT2D eigenvalue weighted by Crippen LogP contribution is -2.42. The van der Waals surface area contributed by atoms with Crippen LogP contribution in [0, 0.1) is 11.8 Å². The minimum absolute atomic E-state index is 0.0460. The Kier molecular flexibility index (Phi) is 6.57. The summed E-state index contributed by atoms with van der Waals surface area (Å²) in [5.41, 5.74) is 0. The Balaban J connectivity index is 1.58. The third kappa shape index (κ3) is 5.38. The Morgan fingerprint density at radius 3 is 2.74 bits per heavy atom. The van der Waals surface area contributed by atoms with Crippen LogP contribution in [0.15, 0.2) is 0 Å². The molecule has 0 aromatic carbocycles. The fourth-order valence-electron chi connectivity index (χ4n) is 2.78. The number of ether oxygens (including phenoxy) is 3. The molecule has 1 atom stereocenters. The van der Waals surface area contributed by atoms with Crippen LogP contribution in [0.4, 0.5) is 0 Å². The fraction of sp³-hybridized carbons (Fsp3) is 1.00. The van der Waals surface area contributed by atoms with Crippen LogP contribution in [0.25, 0.3) is 0 Å². The summed E-state index contributed by atoms with van der Waals surface area (Å²) in [5, 5.41) is 0. The average molecular weight is 271 g/mol. The van der Waals surface area contributed by atoms with E-state index in [1.54, 1.807) is 0 Å². The van der Waals surface area contributed by atoms with Crippen molar-refractivity contribution >= 4 is 0 Å². The van der Waals surface area contributed by atoms with Crippen molar-refractivity contribution < 1.29 is 14.2 Å². The van der Waals surface area contributed by atoms with E-state index in [0.717, 1.165) is 51.9 Å². The van der Waals surface area contributed by atoms with Gasteiger partial charge in [0.1, 0.15) is 0 Å².